The maximum atomic E-state index is 14.1. The summed E-state index contributed by atoms with van der Waals surface area (Å²) in [5, 5.41) is 7.58. The van der Waals surface area contributed by atoms with E-state index in [-0.39, 0.29) is 47.2 Å². The molecular formula is C49H55N7O7. The lowest BCUT2D eigenvalue weighted by molar-refractivity contribution is -0.137. The molecule has 0 unspecified atom stereocenters. The highest BCUT2D eigenvalue weighted by Gasteiger charge is 2.55. The Morgan fingerprint density at radius 1 is 0.825 bits per heavy atom. The number of ether oxygens (including phenoxy) is 2. The summed E-state index contributed by atoms with van der Waals surface area (Å²) < 4.78 is 16.2. The number of hydrogen-bond acceptors (Lipinski definition) is 9. The van der Waals surface area contributed by atoms with Gasteiger partial charge in [-0.3, -0.25) is 14.6 Å². The Kier molecular flexibility index (Phi) is 10.1. The SMILES string of the molecule is COC(=O)N[C@H](C(=O)N1CC2(CC2)C[C@H]1c1ncc(-c2ccc3c(c2)oc2cc(-c4ccc5c(c4)CC([C@@H]4[C@H]6CC[C@H](C6)N4C(=O)[C@@H](NC(=O)OC)C(C)C)=N5)ccc23)[nH]1)C(C)C. The van der Waals surface area contributed by atoms with E-state index in [1.807, 2.05) is 49.8 Å². The molecule has 2 saturated carbocycles. The third-order valence-electron chi connectivity index (χ3n) is 14.5. The number of piperidine rings is 1. The third-order valence-corrected chi connectivity index (χ3v) is 14.5. The number of fused-ring (bicyclic) bond motifs is 6. The van der Waals surface area contributed by atoms with Crippen molar-refractivity contribution in [3.63, 3.8) is 0 Å². The predicted octanol–water partition coefficient (Wildman–Crippen LogP) is 8.47. The van der Waals surface area contributed by atoms with Crippen molar-refractivity contribution in [1.82, 2.24) is 30.4 Å². The van der Waals surface area contributed by atoms with E-state index in [9.17, 15) is 19.2 Å². The number of imidazole rings is 1. The van der Waals surface area contributed by atoms with Crippen LogP contribution in [-0.2, 0) is 25.5 Å². The summed E-state index contributed by atoms with van der Waals surface area (Å²) in [7, 11) is 2.62. The maximum Gasteiger partial charge on any atom is 0.407 e. The van der Waals surface area contributed by atoms with Crippen LogP contribution in [0.5, 0.6) is 0 Å². The van der Waals surface area contributed by atoms with Gasteiger partial charge in [-0.25, -0.2) is 14.6 Å². The van der Waals surface area contributed by atoms with E-state index in [4.69, 9.17) is 23.9 Å². The highest BCUT2D eigenvalue weighted by Crippen LogP contribution is 2.58. The number of likely N-dealkylation sites (tertiary alicyclic amines) is 2. The molecule has 5 heterocycles. The van der Waals surface area contributed by atoms with Gasteiger partial charge in [-0.15, -0.1) is 0 Å². The number of benzene rings is 3. The molecule has 10 rings (SSSR count). The molecule has 4 fully saturated rings. The van der Waals surface area contributed by atoms with E-state index in [2.05, 4.69) is 64.1 Å². The molecule has 3 aliphatic heterocycles. The van der Waals surface area contributed by atoms with Gasteiger partial charge >= 0.3 is 12.2 Å². The lowest BCUT2D eigenvalue weighted by atomic mass is 9.90. The molecule has 3 aromatic carbocycles. The molecule has 2 aromatic heterocycles. The lowest BCUT2D eigenvalue weighted by Crippen LogP contribution is -2.57. The Hall–Kier alpha value is -6.18. The Morgan fingerprint density at radius 3 is 2.13 bits per heavy atom. The number of hydrogen-bond donors (Lipinski definition) is 3. The van der Waals surface area contributed by atoms with Crippen LogP contribution >= 0.6 is 0 Å². The van der Waals surface area contributed by atoms with Crippen molar-refractivity contribution in [2.45, 2.75) is 103 Å². The molecule has 1 spiro atoms. The van der Waals surface area contributed by atoms with E-state index in [0.29, 0.717) is 18.9 Å². The van der Waals surface area contributed by atoms with Crippen LogP contribution in [0.4, 0.5) is 15.3 Å². The Bertz CT molecular complexity index is 2690. The first-order valence-corrected chi connectivity index (χ1v) is 22.4. The summed E-state index contributed by atoms with van der Waals surface area (Å²) in [5.74, 6) is 0.700. The molecule has 2 bridgehead atoms. The molecule has 63 heavy (non-hydrogen) atoms. The fourth-order valence-corrected chi connectivity index (χ4v) is 10.9. The van der Waals surface area contributed by atoms with Crippen LogP contribution in [0.3, 0.4) is 0 Å². The average Bonchev–Trinajstić information content (AvgIpc) is 3.97. The van der Waals surface area contributed by atoms with Crippen molar-refractivity contribution in [2.75, 3.05) is 20.8 Å². The molecule has 328 valence electrons. The van der Waals surface area contributed by atoms with E-state index in [1.54, 1.807) is 0 Å². The van der Waals surface area contributed by atoms with Crippen molar-refractivity contribution in [2.24, 2.45) is 28.2 Å². The summed E-state index contributed by atoms with van der Waals surface area (Å²) in [6.45, 7) is 8.38. The number of H-pyrrole nitrogens is 1. The normalized spacial score (nSPS) is 22.8. The summed E-state index contributed by atoms with van der Waals surface area (Å²) >= 11 is 0. The van der Waals surface area contributed by atoms with Gasteiger partial charge in [0.2, 0.25) is 11.8 Å². The second-order valence-electron chi connectivity index (χ2n) is 19.1. The minimum Gasteiger partial charge on any atom is -0.456 e. The highest BCUT2D eigenvalue weighted by atomic mass is 16.5. The molecular weight excluding hydrogens is 799 g/mol. The van der Waals surface area contributed by atoms with Gasteiger partial charge in [-0.2, -0.15) is 0 Å². The molecule has 3 N–H and O–H groups in total. The van der Waals surface area contributed by atoms with Gasteiger partial charge < -0.3 is 39.3 Å². The van der Waals surface area contributed by atoms with E-state index >= 15 is 0 Å². The largest absolute Gasteiger partial charge is 0.456 e. The van der Waals surface area contributed by atoms with Crippen LogP contribution in [0.2, 0.25) is 0 Å². The first-order chi connectivity index (χ1) is 30.3. The summed E-state index contributed by atoms with van der Waals surface area (Å²) in [6, 6.07) is 17.4. The second kappa shape index (κ2) is 15.6. The number of furan rings is 1. The van der Waals surface area contributed by atoms with Crippen LogP contribution in [0.1, 0.15) is 83.6 Å². The van der Waals surface area contributed by atoms with Gasteiger partial charge in [-0.1, -0.05) is 45.9 Å². The third kappa shape index (κ3) is 7.20. The number of rotatable bonds is 10. The molecule has 5 aromatic rings. The van der Waals surface area contributed by atoms with Gasteiger partial charge in [0.25, 0.3) is 0 Å². The molecule has 14 nitrogen and oxygen atoms in total. The number of nitrogens with zero attached hydrogens (tertiary/aromatic N) is 4. The van der Waals surface area contributed by atoms with Crippen LogP contribution in [-0.4, -0.2) is 94.4 Å². The predicted molar refractivity (Wildman–Crippen MR) is 238 cm³/mol. The quantitative estimate of drug-likeness (QED) is 0.126. The number of carbonyl (C=O) groups excluding carboxylic acids is 4. The fraction of sp³-hybridized carbons (Fsp3) is 0.469. The summed E-state index contributed by atoms with van der Waals surface area (Å²) in [5.41, 5.74) is 8.60. The zero-order chi connectivity index (χ0) is 43.9. The number of aliphatic imine (C=N–C) groups is 1. The van der Waals surface area contributed by atoms with Gasteiger partial charge in [0.1, 0.15) is 29.1 Å². The van der Waals surface area contributed by atoms with Crippen molar-refractivity contribution in [3.05, 3.63) is 72.2 Å². The first-order valence-electron chi connectivity index (χ1n) is 22.4. The Labute approximate surface area is 366 Å². The maximum absolute atomic E-state index is 14.1. The van der Waals surface area contributed by atoms with Gasteiger partial charge in [-0.05, 0) is 115 Å². The van der Waals surface area contributed by atoms with Crippen molar-refractivity contribution < 1.29 is 33.1 Å². The molecule has 2 aliphatic carbocycles. The fourth-order valence-electron chi connectivity index (χ4n) is 10.9. The van der Waals surface area contributed by atoms with Crippen LogP contribution in [0.25, 0.3) is 44.3 Å². The zero-order valence-corrected chi connectivity index (χ0v) is 36.7. The van der Waals surface area contributed by atoms with Crippen LogP contribution in [0, 0.1) is 23.2 Å². The molecule has 4 amide bonds. The van der Waals surface area contributed by atoms with E-state index < -0.39 is 24.3 Å². The molecule has 2 saturated heterocycles. The summed E-state index contributed by atoms with van der Waals surface area (Å²) in [4.78, 5) is 69.8. The van der Waals surface area contributed by atoms with Gasteiger partial charge in [0.05, 0.1) is 43.9 Å². The number of aromatic amines is 1. The standard InChI is InChI=1S/C49H55N7O7/c1-25(2)41(53-47(59)61-5)45(57)55-24-49(15-16-49)22-38(55)44-50-23-37(52-44)29-9-13-34-33-12-8-28(20-39(33)63-40(34)21-29)27-10-14-35-31(17-27)19-36(51-35)43-30-7-11-32(18-30)56(43)46(58)42(26(3)4)54-48(60)62-6/h8-10,12-14,17,20-21,23,25-26,30,32,38,41-43H,7,11,15-16,18-19,22,24H2,1-6H3,(H,50,52)(H,53,59)(H,54,60)/t30-,32+,38-,41-,42-,43-/m0/s1. The number of aromatic nitrogens is 2. The van der Waals surface area contributed by atoms with Crippen LogP contribution in [0.15, 0.2) is 70.2 Å². The van der Waals surface area contributed by atoms with Crippen LogP contribution < -0.4 is 10.6 Å². The smallest absolute Gasteiger partial charge is 0.407 e. The Balaban J connectivity index is 0.869. The monoisotopic (exact) mass is 853 g/mol. The number of amides is 4. The molecule has 6 atom stereocenters. The van der Waals surface area contributed by atoms with E-state index in [1.165, 1.54) is 14.2 Å². The second-order valence-corrected chi connectivity index (χ2v) is 19.1. The van der Waals surface area contributed by atoms with Crippen molar-refractivity contribution in [3.8, 4) is 22.4 Å². The number of methoxy groups -OCH3 is 2. The lowest BCUT2D eigenvalue weighted by Gasteiger charge is -2.38. The number of alkyl carbamates (subject to hydrolysis) is 2. The minimum absolute atomic E-state index is 0.0600. The molecule has 0 radical (unpaired) electrons. The topological polar surface area (TPSA) is 171 Å². The van der Waals surface area contributed by atoms with Crippen molar-refractivity contribution >= 4 is 57.3 Å². The van der Waals surface area contributed by atoms with E-state index in [0.717, 1.165) is 106 Å². The highest BCUT2D eigenvalue weighted by molar-refractivity contribution is 6.07. The molecule has 5 aliphatic rings. The number of nitrogens with one attached hydrogen (secondary N) is 3. The molecule has 14 heteroatoms. The van der Waals surface area contributed by atoms with Crippen molar-refractivity contribution in [1.29, 1.82) is 0 Å². The van der Waals surface area contributed by atoms with Gasteiger partial charge in [0.15, 0.2) is 0 Å². The first kappa shape index (κ1) is 40.9. The minimum atomic E-state index is -0.701. The Morgan fingerprint density at radius 2 is 1.46 bits per heavy atom. The average molecular weight is 854 g/mol. The van der Waals surface area contributed by atoms with Gasteiger partial charge in [0, 0.05) is 41.1 Å². The summed E-state index contributed by atoms with van der Waals surface area (Å²) in [6.07, 6.45) is 7.26. The number of carbonyl (C=O) groups is 4. The zero-order valence-electron chi connectivity index (χ0n) is 36.7.